The van der Waals surface area contributed by atoms with Gasteiger partial charge in [0.1, 0.15) is 0 Å². The molecule has 1 aromatic heterocycles. The number of benzene rings is 1. The molecule has 0 saturated carbocycles. The Hall–Kier alpha value is -1.77. The van der Waals surface area contributed by atoms with Gasteiger partial charge in [-0.15, -0.1) is 0 Å². The maximum Gasteiger partial charge on any atom is 0.218 e. The lowest BCUT2D eigenvalue weighted by molar-refractivity contribution is 0.413. The Labute approximate surface area is 121 Å². The molecule has 0 radical (unpaired) electrons. The van der Waals surface area contributed by atoms with Gasteiger partial charge in [0.15, 0.2) is 0 Å². The topological polar surface area (TPSA) is 38.0 Å². The first-order chi connectivity index (χ1) is 9.36. The van der Waals surface area contributed by atoms with Crippen LogP contribution in [0, 0.1) is 6.92 Å². The molecule has 0 unspecified atom stereocenters. The van der Waals surface area contributed by atoms with E-state index in [1.54, 1.807) is 4.68 Å². The maximum absolute atomic E-state index is 10.7. The molecule has 3 heteroatoms. The molecule has 2 rings (SSSR count). The van der Waals surface area contributed by atoms with E-state index in [-0.39, 0.29) is 11.3 Å². The van der Waals surface area contributed by atoms with Crippen molar-refractivity contribution in [1.29, 1.82) is 0 Å². The van der Waals surface area contributed by atoms with Gasteiger partial charge in [-0.3, -0.25) is 0 Å². The van der Waals surface area contributed by atoms with Crippen molar-refractivity contribution in [2.75, 3.05) is 0 Å². The largest absolute Gasteiger partial charge is 0.493 e. The van der Waals surface area contributed by atoms with E-state index in [0.29, 0.717) is 0 Å². The van der Waals surface area contributed by atoms with Gasteiger partial charge in [-0.25, -0.2) is 4.68 Å². The zero-order valence-corrected chi connectivity index (χ0v) is 13.1. The van der Waals surface area contributed by atoms with Crippen molar-refractivity contribution in [2.24, 2.45) is 0 Å². The summed E-state index contributed by atoms with van der Waals surface area (Å²) >= 11 is 0. The van der Waals surface area contributed by atoms with E-state index in [4.69, 9.17) is 0 Å². The zero-order valence-electron chi connectivity index (χ0n) is 13.1. The van der Waals surface area contributed by atoms with Crippen LogP contribution < -0.4 is 0 Å². The van der Waals surface area contributed by atoms with Crippen molar-refractivity contribution in [3.05, 3.63) is 41.1 Å². The van der Waals surface area contributed by atoms with E-state index in [1.165, 1.54) is 0 Å². The fraction of sp³-hybridized carbons (Fsp3) is 0.471. The summed E-state index contributed by atoms with van der Waals surface area (Å²) in [5.74, 6) is 0.273. The lowest BCUT2D eigenvalue weighted by Crippen LogP contribution is -2.13. The Morgan fingerprint density at radius 3 is 2.40 bits per heavy atom. The van der Waals surface area contributed by atoms with Crippen LogP contribution in [0.25, 0.3) is 5.69 Å². The number of hydrogen-bond donors (Lipinski definition) is 1. The molecule has 3 nitrogen and oxygen atoms in total. The molecule has 1 heterocycles. The van der Waals surface area contributed by atoms with E-state index in [9.17, 15) is 5.11 Å². The summed E-state index contributed by atoms with van der Waals surface area (Å²) < 4.78 is 1.68. The van der Waals surface area contributed by atoms with Crippen LogP contribution in [-0.2, 0) is 11.8 Å². The number of rotatable bonds is 3. The first-order valence-corrected chi connectivity index (χ1v) is 7.23. The highest BCUT2D eigenvalue weighted by molar-refractivity contribution is 5.47. The summed E-state index contributed by atoms with van der Waals surface area (Å²) in [4.78, 5) is 0. The normalized spacial score (nSPS) is 11.8. The lowest BCUT2D eigenvalue weighted by atomic mass is 9.86. The minimum atomic E-state index is -0.116. The first-order valence-electron chi connectivity index (χ1n) is 7.23. The number of aromatic nitrogens is 2. The number of para-hydroxylation sites is 1. The van der Waals surface area contributed by atoms with Gasteiger partial charge in [0.2, 0.25) is 5.88 Å². The summed E-state index contributed by atoms with van der Waals surface area (Å²) in [7, 11) is 0. The molecule has 0 saturated heterocycles. The fourth-order valence-corrected chi connectivity index (χ4v) is 2.60. The summed E-state index contributed by atoms with van der Waals surface area (Å²) in [6.45, 7) is 10.5. The highest BCUT2D eigenvalue weighted by Crippen LogP contribution is 2.36. The SMILES string of the molecule is CCCc1nn(-c2ccccc2C)c(O)c1C(C)(C)C. The fourth-order valence-electron chi connectivity index (χ4n) is 2.60. The first kappa shape index (κ1) is 14.6. The van der Waals surface area contributed by atoms with E-state index < -0.39 is 0 Å². The van der Waals surface area contributed by atoms with Crippen molar-refractivity contribution in [3.8, 4) is 11.6 Å². The van der Waals surface area contributed by atoms with Gasteiger partial charge in [-0.1, -0.05) is 52.3 Å². The zero-order chi connectivity index (χ0) is 14.9. The van der Waals surface area contributed by atoms with Gasteiger partial charge in [0.05, 0.1) is 11.4 Å². The average Bonchev–Trinajstić information content (AvgIpc) is 2.67. The van der Waals surface area contributed by atoms with Crippen molar-refractivity contribution >= 4 is 0 Å². The van der Waals surface area contributed by atoms with Gasteiger partial charge in [-0.2, -0.15) is 5.10 Å². The van der Waals surface area contributed by atoms with Crippen LogP contribution in [0.4, 0.5) is 0 Å². The smallest absolute Gasteiger partial charge is 0.218 e. The molecular formula is C17H24N2O. The van der Waals surface area contributed by atoms with Crippen LogP contribution in [0.2, 0.25) is 0 Å². The van der Waals surface area contributed by atoms with E-state index in [1.807, 2.05) is 31.2 Å². The van der Waals surface area contributed by atoms with E-state index in [2.05, 4.69) is 32.8 Å². The van der Waals surface area contributed by atoms with Crippen molar-refractivity contribution in [1.82, 2.24) is 9.78 Å². The van der Waals surface area contributed by atoms with Crippen LogP contribution >= 0.6 is 0 Å². The van der Waals surface area contributed by atoms with Crippen LogP contribution in [0.3, 0.4) is 0 Å². The number of aromatic hydroxyl groups is 1. The molecule has 0 bridgehead atoms. The highest BCUT2D eigenvalue weighted by atomic mass is 16.3. The van der Waals surface area contributed by atoms with Gasteiger partial charge in [0.25, 0.3) is 0 Å². The van der Waals surface area contributed by atoms with Crippen molar-refractivity contribution in [3.63, 3.8) is 0 Å². The second kappa shape index (κ2) is 5.31. The molecule has 108 valence electrons. The Kier molecular flexibility index (Phi) is 3.89. The molecule has 1 N–H and O–H groups in total. The van der Waals surface area contributed by atoms with Crippen LogP contribution in [0.5, 0.6) is 5.88 Å². The highest BCUT2D eigenvalue weighted by Gasteiger charge is 2.27. The van der Waals surface area contributed by atoms with Gasteiger partial charge in [0, 0.05) is 5.56 Å². The minimum Gasteiger partial charge on any atom is -0.493 e. The molecule has 20 heavy (non-hydrogen) atoms. The number of nitrogens with zero attached hydrogens (tertiary/aromatic N) is 2. The quantitative estimate of drug-likeness (QED) is 0.912. The van der Waals surface area contributed by atoms with E-state index >= 15 is 0 Å². The molecule has 0 fully saturated rings. The van der Waals surface area contributed by atoms with Gasteiger partial charge >= 0.3 is 0 Å². The van der Waals surface area contributed by atoms with E-state index in [0.717, 1.165) is 35.3 Å². The van der Waals surface area contributed by atoms with Crippen LogP contribution in [-0.4, -0.2) is 14.9 Å². The third kappa shape index (κ3) is 2.58. The predicted molar refractivity (Wildman–Crippen MR) is 82.7 cm³/mol. The monoisotopic (exact) mass is 272 g/mol. The Balaban J connectivity index is 2.65. The van der Waals surface area contributed by atoms with Gasteiger partial charge in [-0.05, 0) is 30.4 Å². The molecule has 0 aliphatic rings. The van der Waals surface area contributed by atoms with Gasteiger partial charge < -0.3 is 5.11 Å². The third-order valence-corrected chi connectivity index (χ3v) is 3.51. The average molecular weight is 272 g/mol. The molecule has 0 aliphatic carbocycles. The molecule has 0 spiro atoms. The molecule has 0 amide bonds. The number of aryl methyl sites for hydroxylation is 2. The van der Waals surface area contributed by atoms with Crippen LogP contribution in [0.15, 0.2) is 24.3 Å². The Morgan fingerprint density at radius 1 is 1.20 bits per heavy atom. The summed E-state index contributed by atoms with van der Waals surface area (Å²) in [5, 5.41) is 15.3. The second-order valence-corrected chi connectivity index (χ2v) is 6.34. The minimum absolute atomic E-state index is 0.116. The summed E-state index contributed by atoms with van der Waals surface area (Å²) in [6, 6.07) is 7.99. The maximum atomic E-state index is 10.7. The van der Waals surface area contributed by atoms with Crippen molar-refractivity contribution < 1.29 is 5.11 Å². The summed E-state index contributed by atoms with van der Waals surface area (Å²) in [6.07, 6.45) is 1.91. The van der Waals surface area contributed by atoms with Crippen molar-refractivity contribution in [2.45, 2.75) is 52.9 Å². The predicted octanol–water partition coefficient (Wildman–Crippen LogP) is 4.14. The Bertz CT molecular complexity index is 606. The molecular weight excluding hydrogens is 248 g/mol. The summed E-state index contributed by atoms with van der Waals surface area (Å²) in [5.41, 5.74) is 3.89. The molecule has 0 atom stereocenters. The third-order valence-electron chi connectivity index (χ3n) is 3.51. The van der Waals surface area contributed by atoms with Crippen LogP contribution in [0.1, 0.15) is 50.9 Å². The standard InChI is InChI=1S/C17H24N2O/c1-6-9-13-15(17(3,4)5)16(20)19(18-13)14-11-8-7-10-12(14)2/h7-8,10-11,20H,6,9H2,1-5H3. The Morgan fingerprint density at radius 2 is 1.85 bits per heavy atom. The molecule has 0 aliphatic heterocycles. The lowest BCUT2D eigenvalue weighted by Gasteiger charge is -2.19. The second-order valence-electron chi connectivity index (χ2n) is 6.34. The molecule has 1 aromatic carbocycles. The molecule has 2 aromatic rings. The number of hydrogen-bond acceptors (Lipinski definition) is 2.